The van der Waals surface area contributed by atoms with Crippen LogP contribution in [-0.2, 0) is 6.42 Å². The Labute approximate surface area is 104 Å². The zero-order valence-electron chi connectivity index (χ0n) is 8.69. The molecule has 1 aliphatic carbocycles. The predicted molar refractivity (Wildman–Crippen MR) is 69.1 cm³/mol. The highest BCUT2D eigenvalue weighted by molar-refractivity contribution is 7.16. The van der Waals surface area contributed by atoms with Gasteiger partial charge >= 0.3 is 0 Å². The minimum Gasteiger partial charge on any atom is -0.323 e. The van der Waals surface area contributed by atoms with E-state index in [-0.39, 0.29) is 6.04 Å². The molecule has 3 rings (SSSR count). The molecule has 0 spiro atoms. The standard InChI is InChI=1S/C13H12ClNS/c14-12-6-5-11(16-12)13(15)10-7-8-3-1-2-4-9(8)10/h1-6,10,13H,7,15H2. The van der Waals surface area contributed by atoms with Crippen LogP contribution in [0.15, 0.2) is 36.4 Å². The summed E-state index contributed by atoms with van der Waals surface area (Å²) in [6, 6.07) is 12.6. The van der Waals surface area contributed by atoms with Gasteiger partial charge in [-0.25, -0.2) is 0 Å². The summed E-state index contributed by atoms with van der Waals surface area (Å²) in [6.45, 7) is 0. The lowest BCUT2D eigenvalue weighted by molar-refractivity contribution is 0.506. The second kappa shape index (κ2) is 3.88. The summed E-state index contributed by atoms with van der Waals surface area (Å²) in [7, 11) is 0. The van der Waals surface area contributed by atoms with Crippen molar-refractivity contribution in [3.8, 4) is 0 Å². The average molecular weight is 250 g/mol. The molecule has 1 aromatic heterocycles. The van der Waals surface area contributed by atoms with E-state index in [1.165, 1.54) is 16.0 Å². The smallest absolute Gasteiger partial charge is 0.0931 e. The molecule has 0 fully saturated rings. The van der Waals surface area contributed by atoms with Crippen molar-refractivity contribution < 1.29 is 0 Å². The third kappa shape index (κ3) is 1.58. The van der Waals surface area contributed by atoms with E-state index in [9.17, 15) is 0 Å². The molecule has 0 saturated carbocycles. The largest absolute Gasteiger partial charge is 0.323 e. The number of benzene rings is 1. The van der Waals surface area contributed by atoms with Crippen molar-refractivity contribution in [3.05, 3.63) is 56.7 Å². The Hall–Kier alpha value is -0.830. The van der Waals surface area contributed by atoms with Crippen LogP contribution in [0.4, 0.5) is 0 Å². The van der Waals surface area contributed by atoms with Gasteiger partial charge in [-0.05, 0) is 29.7 Å². The summed E-state index contributed by atoms with van der Waals surface area (Å²) in [4.78, 5) is 1.18. The first kappa shape index (κ1) is 10.3. The fraction of sp³-hybridized carbons (Fsp3) is 0.231. The molecule has 1 aromatic carbocycles. The summed E-state index contributed by atoms with van der Waals surface area (Å²) in [5, 5.41) is 0. The maximum atomic E-state index is 6.28. The SMILES string of the molecule is NC(c1ccc(Cl)s1)C1Cc2ccccc21. The van der Waals surface area contributed by atoms with Gasteiger partial charge in [-0.3, -0.25) is 0 Å². The van der Waals surface area contributed by atoms with E-state index in [2.05, 4.69) is 24.3 Å². The van der Waals surface area contributed by atoms with Gasteiger partial charge < -0.3 is 5.73 Å². The van der Waals surface area contributed by atoms with Crippen molar-refractivity contribution in [3.63, 3.8) is 0 Å². The maximum absolute atomic E-state index is 6.28. The first-order chi connectivity index (χ1) is 7.75. The van der Waals surface area contributed by atoms with E-state index in [0.29, 0.717) is 5.92 Å². The highest BCUT2D eigenvalue weighted by Crippen LogP contribution is 2.43. The Morgan fingerprint density at radius 3 is 2.75 bits per heavy atom. The van der Waals surface area contributed by atoms with E-state index in [0.717, 1.165) is 10.8 Å². The van der Waals surface area contributed by atoms with Gasteiger partial charge in [0.1, 0.15) is 0 Å². The number of hydrogen-bond acceptors (Lipinski definition) is 2. The molecule has 0 bridgehead atoms. The number of rotatable bonds is 2. The number of fused-ring (bicyclic) bond motifs is 1. The van der Waals surface area contributed by atoms with Crippen LogP contribution in [0.5, 0.6) is 0 Å². The van der Waals surface area contributed by atoms with Crippen molar-refractivity contribution >= 4 is 22.9 Å². The molecule has 2 unspecified atom stereocenters. The molecule has 0 saturated heterocycles. The fourth-order valence-electron chi connectivity index (χ4n) is 2.32. The lowest BCUT2D eigenvalue weighted by Gasteiger charge is -2.34. The van der Waals surface area contributed by atoms with Gasteiger partial charge in [-0.1, -0.05) is 35.9 Å². The summed E-state index contributed by atoms with van der Waals surface area (Å²) in [5.74, 6) is 0.464. The van der Waals surface area contributed by atoms with Gasteiger partial charge in [0.15, 0.2) is 0 Å². The maximum Gasteiger partial charge on any atom is 0.0931 e. The first-order valence-corrected chi connectivity index (χ1v) is 6.54. The molecule has 2 aromatic rings. The Morgan fingerprint density at radius 1 is 1.25 bits per heavy atom. The molecule has 2 N–H and O–H groups in total. The minimum atomic E-state index is 0.0902. The normalized spacial score (nSPS) is 20.0. The Bertz CT molecular complexity index is 520. The number of hydrogen-bond donors (Lipinski definition) is 1. The summed E-state index contributed by atoms with van der Waals surface area (Å²) < 4.78 is 0.818. The van der Waals surface area contributed by atoms with E-state index in [1.807, 2.05) is 12.1 Å². The quantitative estimate of drug-likeness (QED) is 0.862. The summed E-state index contributed by atoms with van der Waals surface area (Å²) in [6.07, 6.45) is 1.09. The van der Waals surface area contributed by atoms with Crippen LogP contribution in [0.25, 0.3) is 0 Å². The van der Waals surface area contributed by atoms with Crippen LogP contribution in [0.1, 0.15) is 28.0 Å². The topological polar surface area (TPSA) is 26.0 Å². The van der Waals surface area contributed by atoms with Crippen LogP contribution in [-0.4, -0.2) is 0 Å². The van der Waals surface area contributed by atoms with E-state index < -0.39 is 0 Å². The van der Waals surface area contributed by atoms with Crippen LogP contribution in [0.3, 0.4) is 0 Å². The third-order valence-corrected chi connectivity index (χ3v) is 4.58. The van der Waals surface area contributed by atoms with E-state index in [4.69, 9.17) is 17.3 Å². The van der Waals surface area contributed by atoms with Crippen molar-refractivity contribution in [2.75, 3.05) is 0 Å². The van der Waals surface area contributed by atoms with Gasteiger partial charge in [0.2, 0.25) is 0 Å². The Kier molecular flexibility index (Phi) is 2.51. The van der Waals surface area contributed by atoms with E-state index in [1.54, 1.807) is 11.3 Å². The van der Waals surface area contributed by atoms with Crippen molar-refractivity contribution in [2.24, 2.45) is 5.73 Å². The molecule has 1 aliphatic rings. The van der Waals surface area contributed by atoms with Crippen LogP contribution < -0.4 is 5.73 Å². The zero-order valence-corrected chi connectivity index (χ0v) is 10.3. The molecule has 82 valence electrons. The lowest BCUT2D eigenvalue weighted by Crippen LogP contribution is -2.28. The third-order valence-electron chi connectivity index (χ3n) is 3.25. The highest BCUT2D eigenvalue weighted by Gasteiger charge is 2.31. The number of thiophene rings is 1. The fourth-order valence-corrected chi connectivity index (χ4v) is 3.45. The molecule has 1 nitrogen and oxygen atoms in total. The van der Waals surface area contributed by atoms with Gasteiger partial charge in [-0.15, -0.1) is 11.3 Å². The highest BCUT2D eigenvalue weighted by atomic mass is 35.5. The predicted octanol–water partition coefficient (Wildman–Crippen LogP) is 3.74. The monoisotopic (exact) mass is 249 g/mol. The minimum absolute atomic E-state index is 0.0902. The molecule has 0 radical (unpaired) electrons. The summed E-state index contributed by atoms with van der Waals surface area (Å²) in [5.41, 5.74) is 9.12. The van der Waals surface area contributed by atoms with Gasteiger partial charge in [0.05, 0.1) is 4.34 Å². The molecule has 1 heterocycles. The second-order valence-corrected chi connectivity index (χ2v) is 5.92. The second-order valence-electron chi connectivity index (χ2n) is 4.18. The Balaban J connectivity index is 1.87. The summed E-state index contributed by atoms with van der Waals surface area (Å²) >= 11 is 7.52. The average Bonchev–Trinajstić information content (AvgIpc) is 2.67. The molecular weight excluding hydrogens is 238 g/mol. The molecule has 2 atom stereocenters. The Morgan fingerprint density at radius 2 is 2.06 bits per heavy atom. The number of nitrogens with two attached hydrogens (primary N) is 1. The van der Waals surface area contributed by atoms with Gasteiger partial charge in [0.25, 0.3) is 0 Å². The van der Waals surface area contributed by atoms with E-state index >= 15 is 0 Å². The van der Waals surface area contributed by atoms with Crippen LogP contribution >= 0.6 is 22.9 Å². The zero-order chi connectivity index (χ0) is 11.1. The van der Waals surface area contributed by atoms with Crippen molar-refractivity contribution in [2.45, 2.75) is 18.4 Å². The first-order valence-electron chi connectivity index (χ1n) is 5.34. The molecule has 16 heavy (non-hydrogen) atoms. The molecular formula is C13H12ClNS. The van der Waals surface area contributed by atoms with Crippen LogP contribution in [0.2, 0.25) is 4.34 Å². The van der Waals surface area contributed by atoms with Gasteiger partial charge in [-0.2, -0.15) is 0 Å². The van der Waals surface area contributed by atoms with Gasteiger partial charge in [0, 0.05) is 16.8 Å². The number of halogens is 1. The lowest BCUT2D eigenvalue weighted by atomic mass is 9.73. The molecule has 0 aliphatic heterocycles. The molecule has 0 amide bonds. The van der Waals surface area contributed by atoms with Crippen LogP contribution in [0, 0.1) is 0 Å². The van der Waals surface area contributed by atoms with Crippen molar-refractivity contribution in [1.82, 2.24) is 0 Å². The molecule has 3 heteroatoms. The van der Waals surface area contributed by atoms with Crippen molar-refractivity contribution in [1.29, 1.82) is 0 Å².